The summed E-state index contributed by atoms with van der Waals surface area (Å²) in [6.45, 7) is 3.48. The average Bonchev–Trinajstić information content (AvgIpc) is 2.60. The van der Waals surface area contributed by atoms with Crippen molar-refractivity contribution in [2.24, 2.45) is 0 Å². The molecule has 0 aliphatic carbocycles. The molecule has 2 rings (SSSR count). The molecule has 1 amide bonds. The van der Waals surface area contributed by atoms with E-state index < -0.39 is 18.5 Å². The van der Waals surface area contributed by atoms with Crippen LogP contribution >= 0.6 is 11.6 Å². The summed E-state index contributed by atoms with van der Waals surface area (Å²) in [5.41, 5.74) is 1.53. The topological polar surface area (TPSA) is 77.5 Å². The van der Waals surface area contributed by atoms with E-state index in [2.05, 4.69) is 24.1 Å². The van der Waals surface area contributed by atoms with Crippen molar-refractivity contribution >= 4 is 29.2 Å². The van der Waals surface area contributed by atoms with Crippen LogP contribution in [0.15, 0.2) is 42.6 Å². The monoisotopic (exact) mass is 362 g/mol. The van der Waals surface area contributed by atoms with E-state index in [0.29, 0.717) is 17.4 Å². The van der Waals surface area contributed by atoms with E-state index >= 15 is 0 Å². The number of esters is 1. The van der Waals surface area contributed by atoms with Crippen LogP contribution in [0.4, 0.5) is 5.69 Å². The third kappa shape index (κ3) is 6.08. The second kappa shape index (κ2) is 9.03. The molecule has 25 heavy (non-hydrogen) atoms. The Labute approximate surface area is 151 Å². The van der Waals surface area contributed by atoms with E-state index in [9.17, 15) is 9.59 Å². The van der Waals surface area contributed by atoms with Gasteiger partial charge in [-0.1, -0.05) is 37.6 Å². The lowest BCUT2D eigenvalue weighted by Crippen LogP contribution is -2.23. The van der Waals surface area contributed by atoms with Crippen LogP contribution in [-0.4, -0.2) is 30.1 Å². The van der Waals surface area contributed by atoms with Crippen molar-refractivity contribution in [1.29, 1.82) is 0 Å². The third-order valence-electron chi connectivity index (χ3n) is 3.30. The summed E-state index contributed by atoms with van der Waals surface area (Å²) in [5, 5.41) is 2.67. The van der Waals surface area contributed by atoms with E-state index in [-0.39, 0.29) is 11.8 Å². The number of carbonyl (C=O) groups is 2. The number of aromatic nitrogens is 1. The first kappa shape index (κ1) is 18.7. The van der Waals surface area contributed by atoms with Gasteiger partial charge in [0.25, 0.3) is 5.91 Å². The summed E-state index contributed by atoms with van der Waals surface area (Å²) in [7, 11) is 0. The molecule has 0 aliphatic rings. The Bertz CT molecular complexity index is 732. The first-order valence-corrected chi connectivity index (χ1v) is 8.12. The smallest absolute Gasteiger partial charge is 0.344 e. The summed E-state index contributed by atoms with van der Waals surface area (Å²) in [6, 6.07) is 10.7. The van der Waals surface area contributed by atoms with E-state index in [1.165, 1.54) is 11.8 Å². The standard InChI is InChI=1S/C18H19ClN2O4/c1-12(2)13-5-7-14(8-6-13)24-11-17(23)25-10-16(22)21-15-4-3-9-20-18(15)19/h3-9,12H,10-11H2,1-2H3,(H,21,22). The van der Waals surface area contributed by atoms with Gasteiger partial charge in [-0.25, -0.2) is 9.78 Å². The largest absolute Gasteiger partial charge is 0.482 e. The van der Waals surface area contributed by atoms with Gasteiger partial charge in [0.1, 0.15) is 5.75 Å². The summed E-state index contributed by atoms with van der Waals surface area (Å²) >= 11 is 5.83. The maximum absolute atomic E-state index is 11.7. The Morgan fingerprint density at radius 2 is 1.88 bits per heavy atom. The minimum Gasteiger partial charge on any atom is -0.482 e. The number of halogens is 1. The van der Waals surface area contributed by atoms with Crippen molar-refractivity contribution < 1.29 is 19.1 Å². The maximum Gasteiger partial charge on any atom is 0.344 e. The van der Waals surface area contributed by atoms with Gasteiger partial charge in [0.2, 0.25) is 0 Å². The lowest BCUT2D eigenvalue weighted by Gasteiger charge is -2.09. The van der Waals surface area contributed by atoms with Crippen molar-refractivity contribution in [2.45, 2.75) is 19.8 Å². The van der Waals surface area contributed by atoms with Crippen molar-refractivity contribution in [3.05, 3.63) is 53.3 Å². The maximum atomic E-state index is 11.7. The molecule has 0 saturated carbocycles. The summed E-state index contributed by atoms with van der Waals surface area (Å²) in [5.74, 6) is -0.163. The van der Waals surface area contributed by atoms with Crippen molar-refractivity contribution in [3.8, 4) is 5.75 Å². The molecule has 0 atom stereocenters. The summed E-state index contributed by atoms with van der Waals surface area (Å²) in [6.07, 6.45) is 1.50. The predicted octanol–water partition coefficient (Wildman–Crippen LogP) is 3.42. The van der Waals surface area contributed by atoms with Crippen LogP contribution in [0.25, 0.3) is 0 Å². The Hall–Kier alpha value is -2.60. The first-order chi connectivity index (χ1) is 12.0. The Morgan fingerprint density at radius 1 is 1.16 bits per heavy atom. The molecule has 1 aromatic heterocycles. The van der Waals surface area contributed by atoms with Gasteiger partial charge in [0.15, 0.2) is 18.4 Å². The summed E-state index contributed by atoms with van der Waals surface area (Å²) in [4.78, 5) is 27.2. The van der Waals surface area contributed by atoms with Gasteiger partial charge in [0, 0.05) is 6.20 Å². The number of benzene rings is 1. The molecule has 0 bridgehead atoms. The van der Waals surface area contributed by atoms with E-state index in [1.807, 2.05) is 12.1 Å². The highest BCUT2D eigenvalue weighted by Gasteiger charge is 2.10. The first-order valence-electron chi connectivity index (χ1n) is 7.74. The zero-order chi connectivity index (χ0) is 18.2. The van der Waals surface area contributed by atoms with E-state index in [4.69, 9.17) is 21.1 Å². The number of pyridine rings is 1. The van der Waals surface area contributed by atoms with Gasteiger partial charge in [0.05, 0.1) is 5.69 Å². The molecule has 7 heteroatoms. The van der Waals surface area contributed by atoms with Crippen LogP contribution < -0.4 is 10.1 Å². The third-order valence-corrected chi connectivity index (χ3v) is 3.60. The fourth-order valence-electron chi connectivity index (χ4n) is 1.94. The predicted molar refractivity (Wildman–Crippen MR) is 94.9 cm³/mol. The van der Waals surface area contributed by atoms with Gasteiger partial charge in [-0.2, -0.15) is 0 Å². The van der Waals surface area contributed by atoms with Crippen LogP contribution in [0.1, 0.15) is 25.3 Å². The molecule has 6 nitrogen and oxygen atoms in total. The molecule has 0 saturated heterocycles. The second-order valence-electron chi connectivity index (χ2n) is 5.56. The van der Waals surface area contributed by atoms with Gasteiger partial charge < -0.3 is 14.8 Å². The van der Waals surface area contributed by atoms with Gasteiger partial charge in [-0.15, -0.1) is 0 Å². The number of hydrogen-bond acceptors (Lipinski definition) is 5. The quantitative estimate of drug-likeness (QED) is 0.603. The zero-order valence-electron chi connectivity index (χ0n) is 14.0. The molecular weight excluding hydrogens is 344 g/mol. The molecule has 2 aromatic rings. The molecule has 0 fully saturated rings. The number of anilines is 1. The molecule has 1 aromatic carbocycles. The molecule has 0 spiro atoms. The fourth-order valence-corrected chi connectivity index (χ4v) is 2.11. The highest BCUT2D eigenvalue weighted by molar-refractivity contribution is 6.32. The molecule has 1 heterocycles. The van der Waals surface area contributed by atoms with Crippen LogP contribution in [0, 0.1) is 0 Å². The van der Waals surface area contributed by atoms with Gasteiger partial charge in [-0.3, -0.25) is 4.79 Å². The Morgan fingerprint density at radius 3 is 2.52 bits per heavy atom. The van der Waals surface area contributed by atoms with Crippen molar-refractivity contribution in [1.82, 2.24) is 4.98 Å². The molecule has 0 aliphatic heterocycles. The molecule has 0 unspecified atom stereocenters. The fraction of sp³-hybridized carbons (Fsp3) is 0.278. The number of ether oxygens (including phenoxy) is 2. The second-order valence-corrected chi connectivity index (χ2v) is 5.92. The normalized spacial score (nSPS) is 10.4. The average molecular weight is 363 g/mol. The van der Waals surface area contributed by atoms with Crippen molar-refractivity contribution in [2.75, 3.05) is 18.5 Å². The molecule has 0 radical (unpaired) electrons. The number of carbonyl (C=O) groups excluding carboxylic acids is 2. The minimum absolute atomic E-state index is 0.162. The number of rotatable bonds is 7. The number of nitrogens with one attached hydrogen (secondary N) is 1. The summed E-state index contributed by atoms with van der Waals surface area (Å²) < 4.78 is 10.2. The molecule has 1 N–H and O–H groups in total. The van der Waals surface area contributed by atoms with Gasteiger partial charge >= 0.3 is 5.97 Å². The lowest BCUT2D eigenvalue weighted by atomic mass is 10.0. The van der Waals surface area contributed by atoms with E-state index in [0.717, 1.165) is 0 Å². The zero-order valence-corrected chi connectivity index (χ0v) is 14.7. The number of hydrogen-bond donors (Lipinski definition) is 1. The van der Waals surface area contributed by atoms with Crippen LogP contribution in [-0.2, 0) is 14.3 Å². The SMILES string of the molecule is CC(C)c1ccc(OCC(=O)OCC(=O)Nc2cccnc2Cl)cc1. The highest BCUT2D eigenvalue weighted by Crippen LogP contribution is 2.19. The van der Waals surface area contributed by atoms with Crippen LogP contribution in [0.2, 0.25) is 5.15 Å². The lowest BCUT2D eigenvalue weighted by molar-refractivity contribution is -0.149. The molecule has 132 valence electrons. The van der Waals surface area contributed by atoms with Crippen molar-refractivity contribution in [3.63, 3.8) is 0 Å². The van der Waals surface area contributed by atoms with Crippen LogP contribution in [0.3, 0.4) is 0 Å². The van der Waals surface area contributed by atoms with Gasteiger partial charge in [-0.05, 0) is 35.7 Å². The highest BCUT2D eigenvalue weighted by atomic mass is 35.5. The number of nitrogens with zero attached hydrogens (tertiary/aromatic N) is 1. The Kier molecular flexibility index (Phi) is 6.77. The minimum atomic E-state index is -0.639. The van der Waals surface area contributed by atoms with E-state index in [1.54, 1.807) is 24.3 Å². The van der Waals surface area contributed by atoms with Crippen LogP contribution in [0.5, 0.6) is 5.75 Å². The Balaban J connectivity index is 1.73. The molecular formula is C18H19ClN2O4. The number of amides is 1.